The van der Waals surface area contributed by atoms with Gasteiger partial charge in [0.05, 0.1) is 27.4 Å². The Morgan fingerprint density at radius 3 is 2.19 bits per heavy atom. The molecule has 1 aromatic rings. The summed E-state index contributed by atoms with van der Waals surface area (Å²) in [6.07, 6.45) is -1.93. The number of methoxy groups -OCH3 is 3. The van der Waals surface area contributed by atoms with Crippen LogP contribution in [0.1, 0.15) is 23.2 Å². The normalized spacial score (nSPS) is 22.8. The van der Waals surface area contributed by atoms with Crippen molar-refractivity contribution in [1.82, 2.24) is 10.2 Å². The Morgan fingerprint density at radius 1 is 1.11 bits per heavy atom. The van der Waals surface area contributed by atoms with Gasteiger partial charge in [-0.25, -0.2) is 4.90 Å². The predicted molar refractivity (Wildman–Crippen MR) is 92.9 cm³/mol. The van der Waals surface area contributed by atoms with Crippen LogP contribution >= 0.6 is 0 Å². The van der Waals surface area contributed by atoms with E-state index in [1.54, 1.807) is 0 Å². The van der Waals surface area contributed by atoms with Crippen molar-refractivity contribution in [3.63, 3.8) is 0 Å². The number of rotatable bonds is 7. The molecule has 1 aliphatic heterocycles. The highest BCUT2D eigenvalue weighted by molar-refractivity contribution is 5.95. The summed E-state index contributed by atoms with van der Waals surface area (Å²) in [5.74, 6) is -0.761. The van der Waals surface area contributed by atoms with Crippen LogP contribution in [0.4, 0.5) is 0 Å². The van der Waals surface area contributed by atoms with Crippen LogP contribution in [0.25, 0.3) is 0 Å². The standard InChI is InChI=1S/C17H24N2O8/c1-25-11-6-9(7-12(26-2)15(11)27-3)16(23)18-10-4-5-13(20)19(17(10)24)8-14(21)22/h6-7,10,13,17,20,24H,4-5,8H2,1-3H3,(H,18,23)(H,21,22)/t10-,13-,17-/m0/s1. The first-order chi connectivity index (χ1) is 12.8. The number of aliphatic carboxylic acids is 1. The van der Waals surface area contributed by atoms with E-state index in [2.05, 4.69) is 5.32 Å². The zero-order valence-electron chi connectivity index (χ0n) is 15.3. The fraction of sp³-hybridized carbons (Fsp3) is 0.529. The maximum Gasteiger partial charge on any atom is 0.317 e. The highest BCUT2D eigenvalue weighted by Crippen LogP contribution is 2.38. The second-order valence-electron chi connectivity index (χ2n) is 6.03. The van der Waals surface area contributed by atoms with Crippen molar-refractivity contribution < 1.29 is 39.1 Å². The Morgan fingerprint density at radius 2 is 1.70 bits per heavy atom. The summed E-state index contributed by atoms with van der Waals surface area (Å²) < 4.78 is 15.6. The number of amides is 1. The third kappa shape index (κ3) is 4.59. The van der Waals surface area contributed by atoms with E-state index in [1.807, 2.05) is 0 Å². The molecule has 0 aliphatic carbocycles. The molecule has 0 spiro atoms. The molecular formula is C17H24N2O8. The monoisotopic (exact) mass is 384 g/mol. The van der Waals surface area contributed by atoms with Crippen LogP contribution in [0, 0.1) is 0 Å². The topological polar surface area (TPSA) is 138 Å². The van der Waals surface area contributed by atoms with E-state index in [4.69, 9.17) is 19.3 Å². The SMILES string of the molecule is COc1cc(C(=O)N[C@H]2CC[C@H](O)N(CC(=O)O)[C@H]2O)cc(OC)c1OC. The molecular weight excluding hydrogens is 360 g/mol. The Balaban J connectivity index is 2.20. The average Bonchev–Trinajstić information content (AvgIpc) is 2.65. The third-order valence-corrected chi connectivity index (χ3v) is 4.38. The van der Waals surface area contributed by atoms with E-state index in [1.165, 1.54) is 33.5 Å². The van der Waals surface area contributed by atoms with Crippen LogP contribution in [0.15, 0.2) is 12.1 Å². The van der Waals surface area contributed by atoms with Gasteiger partial charge in [-0.15, -0.1) is 0 Å². The number of carbonyl (C=O) groups excluding carboxylic acids is 1. The van der Waals surface area contributed by atoms with Crippen molar-refractivity contribution in [3.05, 3.63) is 17.7 Å². The van der Waals surface area contributed by atoms with Crippen molar-refractivity contribution in [1.29, 1.82) is 0 Å². The average molecular weight is 384 g/mol. The summed E-state index contributed by atoms with van der Waals surface area (Å²) in [6.45, 7) is -0.543. The molecule has 1 aromatic carbocycles. The van der Waals surface area contributed by atoms with Gasteiger partial charge in [-0.05, 0) is 25.0 Å². The van der Waals surface area contributed by atoms with Gasteiger partial charge in [-0.1, -0.05) is 0 Å². The molecule has 0 radical (unpaired) electrons. The number of benzene rings is 1. The van der Waals surface area contributed by atoms with Crippen LogP contribution < -0.4 is 19.5 Å². The molecule has 1 saturated heterocycles. The number of nitrogens with one attached hydrogen (secondary N) is 1. The van der Waals surface area contributed by atoms with Gasteiger partial charge in [0.2, 0.25) is 5.75 Å². The lowest BCUT2D eigenvalue weighted by Gasteiger charge is -2.40. The molecule has 27 heavy (non-hydrogen) atoms. The van der Waals surface area contributed by atoms with Crippen LogP contribution in [0.3, 0.4) is 0 Å². The minimum atomic E-state index is -1.34. The summed E-state index contributed by atoms with van der Waals surface area (Å²) in [5, 5.41) is 31.8. The molecule has 0 aromatic heterocycles. The maximum atomic E-state index is 12.6. The Bertz CT molecular complexity index is 671. The molecule has 1 fully saturated rings. The van der Waals surface area contributed by atoms with Crippen LogP contribution in [0.2, 0.25) is 0 Å². The number of hydrogen-bond acceptors (Lipinski definition) is 8. The molecule has 1 amide bonds. The van der Waals surface area contributed by atoms with Crippen molar-refractivity contribution in [2.45, 2.75) is 31.3 Å². The number of carbonyl (C=O) groups is 2. The van der Waals surface area contributed by atoms with Crippen LogP contribution in [0.5, 0.6) is 17.2 Å². The highest BCUT2D eigenvalue weighted by Gasteiger charge is 2.37. The largest absolute Gasteiger partial charge is 0.493 e. The molecule has 10 nitrogen and oxygen atoms in total. The van der Waals surface area contributed by atoms with Crippen molar-refractivity contribution >= 4 is 11.9 Å². The molecule has 150 valence electrons. The van der Waals surface area contributed by atoms with Gasteiger partial charge in [0.15, 0.2) is 11.5 Å². The van der Waals surface area contributed by atoms with Crippen molar-refractivity contribution in [2.75, 3.05) is 27.9 Å². The van der Waals surface area contributed by atoms with E-state index >= 15 is 0 Å². The zero-order valence-corrected chi connectivity index (χ0v) is 15.3. The molecule has 0 unspecified atom stereocenters. The molecule has 3 atom stereocenters. The number of carboxylic acid groups (broad SMARTS) is 1. The lowest BCUT2D eigenvalue weighted by molar-refractivity contribution is -0.164. The summed E-state index contributed by atoms with van der Waals surface area (Å²) in [5.41, 5.74) is 0.215. The zero-order chi connectivity index (χ0) is 20.1. The van der Waals surface area contributed by atoms with Crippen LogP contribution in [-0.4, -0.2) is 78.5 Å². The van der Waals surface area contributed by atoms with E-state index in [-0.39, 0.29) is 18.4 Å². The predicted octanol–water partition coefficient (Wildman–Crippen LogP) is -0.372. The number of aliphatic hydroxyl groups is 2. The van der Waals surface area contributed by atoms with Gasteiger partial charge in [0.25, 0.3) is 5.91 Å². The maximum absolute atomic E-state index is 12.6. The smallest absolute Gasteiger partial charge is 0.317 e. The van der Waals surface area contributed by atoms with Crippen LogP contribution in [-0.2, 0) is 4.79 Å². The van der Waals surface area contributed by atoms with Crippen molar-refractivity contribution in [3.8, 4) is 17.2 Å². The molecule has 0 saturated carbocycles. The molecule has 10 heteroatoms. The fourth-order valence-electron chi connectivity index (χ4n) is 3.02. The highest BCUT2D eigenvalue weighted by atomic mass is 16.5. The molecule has 0 bridgehead atoms. The number of likely N-dealkylation sites (tertiary alicyclic amines) is 1. The number of hydrogen-bond donors (Lipinski definition) is 4. The lowest BCUT2D eigenvalue weighted by Crippen LogP contribution is -2.59. The summed E-state index contributed by atoms with van der Waals surface area (Å²) in [7, 11) is 4.30. The first-order valence-corrected chi connectivity index (χ1v) is 8.26. The summed E-state index contributed by atoms with van der Waals surface area (Å²) in [6, 6.07) is 2.19. The quantitative estimate of drug-likeness (QED) is 0.496. The number of aliphatic hydroxyl groups excluding tert-OH is 2. The van der Waals surface area contributed by atoms with Gasteiger partial charge < -0.3 is 34.8 Å². The van der Waals surface area contributed by atoms with E-state index < -0.39 is 36.9 Å². The third-order valence-electron chi connectivity index (χ3n) is 4.38. The van der Waals surface area contributed by atoms with E-state index in [0.717, 1.165) is 4.90 Å². The second kappa shape index (κ2) is 8.89. The minimum absolute atomic E-state index is 0.213. The lowest BCUT2D eigenvalue weighted by atomic mass is 10.0. The summed E-state index contributed by atoms with van der Waals surface area (Å²) in [4.78, 5) is 24.6. The van der Waals surface area contributed by atoms with E-state index in [9.17, 15) is 19.8 Å². The Labute approximate surface area is 156 Å². The summed E-state index contributed by atoms with van der Waals surface area (Å²) >= 11 is 0. The van der Waals surface area contributed by atoms with Gasteiger partial charge in [0, 0.05) is 5.56 Å². The van der Waals surface area contributed by atoms with Gasteiger partial charge >= 0.3 is 5.97 Å². The first kappa shape index (κ1) is 20.7. The first-order valence-electron chi connectivity index (χ1n) is 8.26. The van der Waals surface area contributed by atoms with Gasteiger partial charge in [0.1, 0.15) is 19.0 Å². The second-order valence-corrected chi connectivity index (χ2v) is 6.03. The number of piperidine rings is 1. The van der Waals surface area contributed by atoms with E-state index in [0.29, 0.717) is 17.2 Å². The number of carboxylic acids is 1. The number of nitrogens with zero attached hydrogens (tertiary/aromatic N) is 1. The molecule has 2 rings (SSSR count). The number of ether oxygens (including phenoxy) is 3. The van der Waals surface area contributed by atoms with Crippen molar-refractivity contribution in [2.24, 2.45) is 0 Å². The Hall–Kier alpha value is -2.56. The van der Waals surface area contributed by atoms with Gasteiger partial charge in [-0.2, -0.15) is 0 Å². The minimum Gasteiger partial charge on any atom is -0.493 e. The molecule has 1 aliphatic rings. The Kier molecular flexibility index (Phi) is 6.83. The fourth-order valence-corrected chi connectivity index (χ4v) is 3.02. The van der Waals surface area contributed by atoms with Gasteiger partial charge in [-0.3, -0.25) is 9.59 Å². The molecule has 4 N–H and O–H groups in total. The molecule has 1 heterocycles.